The van der Waals surface area contributed by atoms with Crippen LogP contribution in [-0.4, -0.2) is 63.1 Å². The van der Waals surface area contributed by atoms with Crippen molar-refractivity contribution < 1.29 is 19.0 Å². The fourth-order valence-corrected chi connectivity index (χ4v) is 2.62. The number of amides is 1. The molecule has 0 unspecified atom stereocenters. The third-order valence-corrected chi connectivity index (χ3v) is 3.77. The predicted octanol–water partition coefficient (Wildman–Crippen LogP) is 1.42. The third kappa shape index (κ3) is 6.19. The van der Waals surface area contributed by atoms with E-state index in [1.165, 1.54) is 6.21 Å². The first-order valence-corrected chi connectivity index (χ1v) is 8.60. The maximum absolute atomic E-state index is 11.9. The lowest BCUT2D eigenvalue weighted by Gasteiger charge is -2.25. The number of hydrazone groups is 1. The Morgan fingerprint density at radius 1 is 1.46 bits per heavy atom. The normalized spacial score (nSPS) is 14.8. The van der Waals surface area contributed by atoms with Crippen LogP contribution in [0.1, 0.15) is 12.5 Å². The van der Waals surface area contributed by atoms with Crippen molar-refractivity contribution in [1.82, 2.24) is 10.3 Å². The van der Waals surface area contributed by atoms with Crippen LogP contribution in [0, 0.1) is 11.3 Å². The molecule has 1 fully saturated rings. The van der Waals surface area contributed by atoms with Crippen molar-refractivity contribution in [1.29, 1.82) is 5.26 Å². The Labute approximate surface area is 157 Å². The average molecular weight is 381 g/mol. The highest BCUT2D eigenvalue weighted by molar-refractivity contribution is 6.32. The highest BCUT2D eigenvalue weighted by Gasteiger charge is 2.14. The summed E-state index contributed by atoms with van der Waals surface area (Å²) >= 11 is 6.19. The first-order chi connectivity index (χ1) is 12.6. The van der Waals surface area contributed by atoms with E-state index in [1.54, 1.807) is 12.1 Å². The number of carbonyl (C=O) groups is 1. The molecule has 1 aromatic carbocycles. The fourth-order valence-electron chi connectivity index (χ4n) is 2.35. The molecule has 0 radical (unpaired) electrons. The summed E-state index contributed by atoms with van der Waals surface area (Å²) in [5.41, 5.74) is 3.12. The lowest BCUT2D eigenvalue weighted by atomic mass is 10.2. The van der Waals surface area contributed by atoms with Gasteiger partial charge in [0.15, 0.2) is 18.1 Å². The summed E-state index contributed by atoms with van der Waals surface area (Å²) in [5, 5.41) is 12.9. The topological polar surface area (TPSA) is 96.2 Å². The minimum atomic E-state index is -0.201. The van der Waals surface area contributed by atoms with E-state index in [1.807, 2.05) is 17.9 Å². The van der Waals surface area contributed by atoms with Crippen molar-refractivity contribution in [3.63, 3.8) is 0 Å². The predicted molar refractivity (Wildman–Crippen MR) is 96.7 cm³/mol. The number of nitrogens with zero attached hydrogens (tertiary/aromatic N) is 3. The molecule has 8 nitrogen and oxygen atoms in total. The van der Waals surface area contributed by atoms with Gasteiger partial charge in [0, 0.05) is 13.1 Å². The number of nitriles is 1. The number of benzene rings is 1. The van der Waals surface area contributed by atoms with E-state index in [-0.39, 0.29) is 19.1 Å². The second kappa shape index (κ2) is 10.6. The zero-order valence-electron chi connectivity index (χ0n) is 14.5. The number of rotatable bonds is 8. The van der Waals surface area contributed by atoms with E-state index in [9.17, 15) is 4.79 Å². The number of nitrogens with one attached hydrogen (secondary N) is 1. The SMILES string of the molecule is CCOc1cc(/C=N/NC(=O)CN2CCOCC2)cc(Cl)c1OCC#N. The monoisotopic (exact) mass is 380 g/mol. The summed E-state index contributed by atoms with van der Waals surface area (Å²) in [4.78, 5) is 13.9. The number of hydrogen-bond donors (Lipinski definition) is 1. The molecular weight excluding hydrogens is 360 g/mol. The van der Waals surface area contributed by atoms with Gasteiger partial charge in [-0.2, -0.15) is 10.4 Å². The summed E-state index contributed by atoms with van der Waals surface area (Å²) in [5.74, 6) is 0.521. The van der Waals surface area contributed by atoms with Crippen molar-refractivity contribution in [2.45, 2.75) is 6.92 Å². The van der Waals surface area contributed by atoms with E-state index in [2.05, 4.69) is 10.5 Å². The maximum atomic E-state index is 11.9. The Bertz CT molecular complexity index is 684. The largest absolute Gasteiger partial charge is 0.490 e. The van der Waals surface area contributed by atoms with Gasteiger partial charge in [-0.3, -0.25) is 9.69 Å². The van der Waals surface area contributed by atoms with Gasteiger partial charge in [0.25, 0.3) is 5.91 Å². The van der Waals surface area contributed by atoms with Gasteiger partial charge in [-0.15, -0.1) is 0 Å². The second-order valence-corrected chi connectivity index (χ2v) is 5.80. The summed E-state index contributed by atoms with van der Waals surface area (Å²) in [6, 6.07) is 5.19. The van der Waals surface area contributed by atoms with Gasteiger partial charge in [-0.25, -0.2) is 5.43 Å². The van der Waals surface area contributed by atoms with Crippen LogP contribution in [-0.2, 0) is 9.53 Å². The molecule has 1 aliphatic heterocycles. The molecule has 9 heteroatoms. The number of halogens is 1. The van der Waals surface area contributed by atoms with Crippen LogP contribution < -0.4 is 14.9 Å². The summed E-state index contributed by atoms with van der Waals surface area (Å²) in [6.45, 7) is 5.11. The van der Waals surface area contributed by atoms with Crippen LogP contribution in [0.2, 0.25) is 5.02 Å². The maximum Gasteiger partial charge on any atom is 0.254 e. The van der Waals surface area contributed by atoms with Gasteiger partial charge in [-0.1, -0.05) is 11.6 Å². The molecule has 140 valence electrons. The number of hydrogen-bond acceptors (Lipinski definition) is 7. The Morgan fingerprint density at radius 3 is 2.92 bits per heavy atom. The molecule has 0 aromatic heterocycles. The summed E-state index contributed by atoms with van der Waals surface area (Å²) in [7, 11) is 0. The van der Waals surface area contributed by atoms with E-state index < -0.39 is 0 Å². The molecule has 1 amide bonds. The van der Waals surface area contributed by atoms with Crippen molar-refractivity contribution >= 4 is 23.7 Å². The minimum Gasteiger partial charge on any atom is -0.490 e. The highest BCUT2D eigenvalue weighted by atomic mass is 35.5. The first-order valence-electron chi connectivity index (χ1n) is 8.22. The van der Waals surface area contributed by atoms with Gasteiger partial charge in [-0.05, 0) is 24.6 Å². The lowest BCUT2D eigenvalue weighted by molar-refractivity contribution is -0.123. The molecule has 2 rings (SSSR count). The number of carbonyl (C=O) groups excluding carboxylic acids is 1. The molecule has 1 aliphatic rings. The van der Waals surface area contributed by atoms with Crippen LogP contribution in [0.4, 0.5) is 0 Å². The van der Waals surface area contributed by atoms with Crippen LogP contribution in [0.3, 0.4) is 0 Å². The minimum absolute atomic E-state index is 0.134. The van der Waals surface area contributed by atoms with Gasteiger partial charge in [0.1, 0.15) is 6.07 Å². The van der Waals surface area contributed by atoms with Gasteiger partial charge >= 0.3 is 0 Å². The molecule has 0 aliphatic carbocycles. The van der Waals surface area contributed by atoms with E-state index in [0.717, 1.165) is 13.1 Å². The van der Waals surface area contributed by atoms with Crippen LogP contribution >= 0.6 is 11.6 Å². The lowest BCUT2D eigenvalue weighted by Crippen LogP contribution is -2.42. The van der Waals surface area contributed by atoms with Crippen LogP contribution in [0.25, 0.3) is 0 Å². The quantitative estimate of drug-likeness (QED) is 0.541. The Kier molecular flexibility index (Phi) is 8.15. The van der Waals surface area contributed by atoms with E-state index in [4.69, 9.17) is 31.1 Å². The summed E-state index contributed by atoms with van der Waals surface area (Å²) < 4.78 is 16.0. The Balaban J connectivity index is 1.97. The molecule has 26 heavy (non-hydrogen) atoms. The molecule has 0 bridgehead atoms. The molecule has 0 atom stereocenters. The van der Waals surface area contributed by atoms with Gasteiger partial charge < -0.3 is 14.2 Å². The van der Waals surface area contributed by atoms with Crippen LogP contribution in [0.5, 0.6) is 11.5 Å². The highest BCUT2D eigenvalue weighted by Crippen LogP contribution is 2.36. The zero-order chi connectivity index (χ0) is 18.8. The molecule has 1 saturated heterocycles. The summed E-state index contributed by atoms with van der Waals surface area (Å²) in [6.07, 6.45) is 1.47. The Hall–Kier alpha value is -2.34. The zero-order valence-corrected chi connectivity index (χ0v) is 15.3. The molecule has 0 saturated carbocycles. The molecule has 1 heterocycles. The average Bonchev–Trinajstić information content (AvgIpc) is 2.62. The fraction of sp³-hybridized carbons (Fsp3) is 0.471. The smallest absolute Gasteiger partial charge is 0.254 e. The van der Waals surface area contributed by atoms with Crippen LogP contribution in [0.15, 0.2) is 17.2 Å². The molecule has 1 N–H and O–H groups in total. The third-order valence-electron chi connectivity index (χ3n) is 3.49. The van der Waals surface area contributed by atoms with E-state index in [0.29, 0.717) is 41.9 Å². The van der Waals surface area contributed by atoms with Crippen molar-refractivity contribution in [2.75, 3.05) is 46.1 Å². The van der Waals surface area contributed by atoms with Crippen molar-refractivity contribution in [2.24, 2.45) is 5.10 Å². The standard InChI is InChI=1S/C17H21ClN4O4/c1-2-25-15-10-13(9-14(18)17(15)26-6-3-19)11-20-21-16(23)12-22-4-7-24-8-5-22/h9-11H,2,4-8,12H2,1H3,(H,21,23)/b20-11+. The van der Waals surface area contributed by atoms with E-state index >= 15 is 0 Å². The molecule has 0 spiro atoms. The van der Waals surface area contributed by atoms with Gasteiger partial charge in [0.2, 0.25) is 0 Å². The number of ether oxygens (including phenoxy) is 3. The molecule has 1 aromatic rings. The first kappa shape index (κ1) is 20.0. The van der Waals surface area contributed by atoms with Crippen molar-refractivity contribution in [3.05, 3.63) is 22.7 Å². The Morgan fingerprint density at radius 2 is 2.23 bits per heavy atom. The van der Waals surface area contributed by atoms with Gasteiger partial charge in [0.05, 0.1) is 37.6 Å². The molecular formula is C17H21ClN4O4. The second-order valence-electron chi connectivity index (χ2n) is 5.39. The van der Waals surface area contributed by atoms with Crippen molar-refractivity contribution in [3.8, 4) is 17.6 Å². The number of morpholine rings is 1.